The monoisotopic (exact) mass is 330 g/mol. The minimum atomic E-state index is 0.241. The molecule has 1 N–H and O–H groups in total. The van der Waals surface area contributed by atoms with E-state index in [1.807, 2.05) is 19.3 Å². The van der Waals surface area contributed by atoms with E-state index in [0.717, 1.165) is 16.6 Å². The van der Waals surface area contributed by atoms with E-state index >= 15 is 0 Å². The fourth-order valence-electron chi connectivity index (χ4n) is 2.98. The number of fused-ring (bicyclic) bond motifs is 1. The molecule has 0 saturated carbocycles. The summed E-state index contributed by atoms with van der Waals surface area (Å²) in [6.45, 7) is 0. The maximum atomic E-state index is 4.51. The van der Waals surface area contributed by atoms with E-state index in [2.05, 4.69) is 50.5 Å². The number of benzene rings is 1. The Labute approximate surface area is 128 Å². The fraction of sp³-hybridized carbons (Fsp3) is 0.353. The molecule has 2 aromatic rings. The Morgan fingerprint density at radius 1 is 1.25 bits per heavy atom. The summed E-state index contributed by atoms with van der Waals surface area (Å²) in [7, 11) is 2.00. The molecule has 0 bridgehead atoms. The SMILES string of the molecule is CNC(Cc1ccc2c(c1)CCC2)c1ncccc1Br. The topological polar surface area (TPSA) is 24.9 Å². The fourth-order valence-corrected chi connectivity index (χ4v) is 3.51. The quantitative estimate of drug-likeness (QED) is 0.921. The Morgan fingerprint density at radius 2 is 2.10 bits per heavy atom. The third kappa shape index (κ3) is 2.79. The van der Waals surface area contributed by atoms with Crippen LogP contribution in [0.25, 0.3) is 0 Å². The Balaban J connectivity index is 1.83. The van der Waals surface area contributed by atoms with Crippen LogP contribution >= 0.6 is 15.9 Å². The van der Waals surface area contributed by atoms with E-state index in [0.29, 0.717) is 0 Å². The largest absolute Gasteiger partial charge is 0.311 e. The van der Waals surface area contributed by atoms with Crippen molar-refractivity contribution in [2.45, 2.75) is 31.7 Å². The van der Waals surface area contributed by atoms with Gasteiger partial charge in [-0.2, -0.15) is 0 Å². The number of hydrogen-bond acceptors (Lipinski definition) is 2. The number of hydrogen-bond donors (Lipinski definition) is 1. The molecule has 104 valence electrons. The highest BCUT2D eigenvalue weighted by atomic mass is 79.9. The summed E-state index contributed by atoms with van der Waals surface area (Å²) in [5.41, 5.74) is 5.55. The highest BCUT2D eigenvalue weighted by molar-refractivity contribution is 9.10. The number of nitrogens with one attached hydrogen (secondary N) is 1. The van der Waals surface area contributed by atoms with Gasteiger partial charge in [0, 0.05) is 10.7 Å². The molecular weight excluding hydrogens is 312 g/mol. The van der Waals surface area contributed by atoms with Gasteiger partial charge in [0.15, 0.2) is 0 Å². The molecule has 3 rings (SSSR count). The molecule has 0 radical (unpaired) electrons. The van der Waals surface area contributed by atoms with Gasteiger partial charge in [0.1, 0.15) is 0 Å². The number of nitrogens with zero attached hydrogens (tertiary/aromatic N) is 1. The molecule has 1 aromatic carbocycles. The lowest BCUT2D eigenvalue weighted by Gasteiger charge is -2.17. The molecule has 0 fully saturated rings. The number of aryl methyl sites for hydroxylation is 2. The third-order valence-electron chi connectivity index (χ3n) is 4.07. The highest BCUT2D eigenvalue weighted by Gasteiger charge is 2.16. The number of pyridine rings is 1. The van der Waals surface area contributed by atoms with Gasteiger partial charge in [-0.25, -0.2) is 0 Å². The summed E-state index contributed by atoms with van der Waals surface area (Å²) in [4.78, 5) is 4.51. The lowest BCUT2D eigenvalue weighted by Crippen LogP contribution is -2.20. The van der Waals surface area contributed by atoms with Crippen LogP contribution in [0.5, 0.6) is 0 Å². The van der Waals surface area contributed by atoms with Crippen LogP contribution in [0.2, 0.25) is 0 Å². The summed E-state index contributed by atoms with van der Waals surface area (Å²) >= 11 is 3.60. The summed E-state index contributed by atoms with van der Waals surface area (Å²) < 4.78 is 1.07. The molecule has 0 spiro atoms. The van der Waals surface area contributed by atoms with Crippen molar-refractivity contribution < 1.29 is 0 Å². The van der Waals surface area contributed by atoms with Gasteiger partial charge in [0.05, 0.1) is 11.7 Å². The first kappa shape index (κ1) is 13.8. The number of likely N-dealkylation sites (N-methyl/N-ethyl adjacent to an activating group) is 1. The van der Waals surface area contributed by atoms with Crippen molar-refractivity contribution in [3.63, 3.8) is 0 Å². The minimum absolute atomic E-state index is 0.241. The summed E-state index contributed by atoms with van der Waals surface area (Å²) in [5, 5.41) is 3.38. The first-order chi connectivity index (χ1) is 9.78. The van der Waals surface area contributed by atoms with Crippen molar-refractivity contribution in [3.05, 3.63) is 63.4 Å². The number of aromatic nitrogens is 1. The van der Waals surface area contributed by atoms with Gasteiger partial charge in [0.25, 0.3) is 0 Å². The van der Waals surface area contributed by atoms with E-state index in [1.165, 1.54) is 36.0 Å². The molecule has 3 heteroatoms. The van der Waals surface area contributed by atoms with Crippen molar-refractivity contribution in [3.8, 4) is 0 Å². The van der Waals surface area contributed by atoms with Gasteiger partial charge < -0.3 is 5.32 Å². The lowest BCUT2D eigenvalue weighted by molar-refractivity contribution is 0.573. The van der Waals surface area contributed by atoms with Crippen LogP contribution in [-0.2, 0) is 19.3 Å². The standard InChI is InChI=1S/C17H19BrN2/c1-19-16(17-15(18)6-3-9-20-17)11-12-7-8-13-4-2-5-14(13)10-12/h3,6-10,16,19H,2,4-5,11H2,1H3. The maximum Gasteiger partial charge on any atom is 0.0718 e. The Hall–Kier alpha value is -1.19. The van der Waals surface area contributed by atoms with E-state index < -0.39 is 0 Å². The van der Waals surface area contributed by atoms with Crippen LogP contribution in [0.1, 0.15) is 34.8 Å². The van der Waals surface area contributed by atoms with Crippen molar-refractivity contribution in [2.75, 3.05) is 7.05 Å². The molecule has 0 aliphatic heterocycles. The Bertz CT molecular complexity index is 610. The van der Waals surface area contributed by atoms with Crippen molar-refractivity contribution in [2.24, 2.45) is 0 Å². The summed E-state index contributed by atoms with van der Waals surface area (Å²) in [5.74, 6) is 0. The molecular formula is C17H19BrN2. The molecule has 1 atom stereocenters. The van der Waals surface area contributed by atoms with E-state index in [1.54, 1.807) is 0 Å². The summed E-state index contributed by atoms with van der Waals surface area (Å²) in [6, 6.07) is 11.2. The van der Waals surface area contributed by atoms with Crippen LogP contribution in [-0.4, -0.2) is 12.0 Å². The third-order valence-corrected chi connectivity index (χ3v) is 4.74. The predicted molar refractivity (Wildman–Crippen MR) is 85.9 cm³/mol. The van der Waals surface area contributed by atoms with Crippen LogP contribution in [0.3, 0.4) is 0 Å². The predicted octanol–water partition coefficient (Wildman–Crippen LogP) is 3.84. The minimum Gasteiger partial charge on any atom is -0.311 e. The second-order valence-corrected chi connectivity index (χ2v) is 6.23. The van der Waals surface area contributed by atoms with Crippen molar-refractivity contribution >= 4 is 15.9 Å². The normalized spacial score (nSPS) is 15.1. The lowest BCUT2D eigenvalue weighted by atomic mass is 9.99. The molecule has 2 nitrogen and oxygen atoms in total. The average molecular weight is 331 g/mol. The number of halogens is 1. The Morgan fingerprint density at radius 3 is 2.90 bits per heavy atom. The second kappa shape index (κ2) is 6.06. The number of rotatable bonds is 4. The first-order valence-electron chi connectivity index (χ1n) is 7.16. The zero-order valence-corrected chi connectivity index (χ0v) is 13.3. The zero-order valence-electron chi connectivity index (χ0n) is 11.7. The van der Waals surface area contributed by atoms with E-state index in [9.17, 15) is 0 Å². The van der Waals surface area contributed by atoms with Crippen molar-refractivity contribution in [1.29, 1.82) is 0 Å². The van der Waals surface area contributed by atoms with Crippen molar-refractivity contribution in [1.82, 2.24) is 10.3 Å². The average Bonchev–Trinajstić information content (AvgIpc) is 2.93. The molecule has 0 saturated heterocycles. The van der Waals surface area contributed by atoms with Gasteiger partial charge in [-0.1, -0.05) is 18.2 Å². The van der Waals surface area contributed by atoms with Gasteiger partial charge in [-0.15, -0.1) is 0 Å². The first-order valence-corrected chi connectivity index (χ1v) is 7.95. The van der Waals surface area contributed by atoms with Gasteiger partial charge in [-0.3, -0.25) is 4.98 Å². The maximum absolute atomic E-state index is 4.51. The zero-order chi connectivity index (χ0) is 13.9. The highest BCUT2D eigenvalue weighted by Crippen LogP contribution is 2.27. The van der Waals surface area contributed by atoms with Gasteiger partial charge in [0.2, 0.25) is 0 Å². The van der Waals surface area contributed by atoms with E-state index in [4.69, 9.17) is 0 Å². The van der Waals surface area contributed by atoms with Crippen LogP contribution in [0, 0.1) is 0 Å². The molecule has 1 heterocycles. The van der Waals surface area contributed by atoms with E-state index in [-0.39, 0.29) is 6.04 Å². The molecule has 1 unspecified atom stereocenters. The summed E-state index contributed by atoms with van der Waals surface area (Å²) in [6.07, 6.45) is 6.62. The van der Waals surface area contributed by atoms with Crippen LogP contribution in [0.15, 0.2) is 41.0 Å². The van der Waals surface area contributed by atoms with Gasteiger partial charge >= 0.3 is 0 Å². The molecule has 1 aromatic heterocycles. The van der Waals surface area contributed by atoms with Crippen LogP contribution in [0.4, 0.5) is 0 Å². The molecule has 1 aliphatic carbocycles. The smallest absolute Gasteiger partial charge is 0.0718 e. The Kier molecular flexibility index (Phi) is 4.18. The molecule has 1 aliphatic rings. The molecule has 20 heavy (non-hydrogen) atoms. The van der Waals surface area contributed by atoms with Crippen LogP contribution < -0.4 is 5.32 Å². The van der Waals surface area contributed by atoms with Gasteiger partial charge in [-0.05, 0) is 77.5 Å². The molecule has 0 amide bonds. The second-order valence-electron chi connectivity index (χ2n) is 5.37.